The van der Waals surface area contributed by atoms with Crippen molar-refractivity contribution in [3.05, 3.63) is 0 Å². The maximum Gasteiger partial charge on any atom is 0.306 e. The molecule has 0 aliphatic rings. The van der Waals surface area contributed by atoms with E-state index in [1.54, 1.807) is 0 Å². The normalized spacial score (nSPS) is 11.7. The minimum Gasteiger partial charge on any atom is -0.481 e. The first kappa shape index (κ1) is 20.4. The van der Waals surface area contributed by atoms with Gasteiger partial charge in [-0.2, -0.15) is 0 Å². The number of aliphatic hydroxyl groups is 1. The van der Waals surface area contributed by atoms with Crippen molar-refractivity contribution in [2.24, 2.45) is 0 Å². The molecule has 0 saturated carbocycles. The molecule has 0 aromatic heterocycles. The largest absolute Gasteiger partial charge is 0.481 e. The van der Waals surface area contributed by atoms with Crippen LogP contribution >= 0.6 is 0 Å². The van der Waals surface area contributed by atoms with Gasteiger partial charge in [0.05, 0.1) is 19.4 Å². The second-order valence-electron chi connectivity index (χ2n) is 5.04. The predicted molar refractivity (Wildman–Crippen MR) is 78.2 cm³/mol. The van der Waals surface area contributed by atoms with Gasteiger partial charge in [0, 0.05) is 6.42 Å². The van der Waals surface area contributed by atoms with E-state index in [-0.39, 0.29) is 19.4 Å². The summed E-state index contributed by atoms with van der Waals surface area (Å²) in [5.41, 5.74) is 0. The highest BCUT2D eigenvalue weighted by Gasteiger charge is 2.16. The van der Waals surface area contributed by atoms with Crippen molar-refractivity contribution < 1.29 is 34.1 Å². The number of carbonyl (C=O) groups is 3. The summed E-state index contributed by atoms with van der Waals surface area (Å²) >= 11 is 0. The number of esters is 2. The van der Waals surface area contributed by atoms with E-state index >= 15 is 0 Å². The molecule has 0 rings (SSSR count). The van der Waals surface area contributed by atoms with Crippen LogP contribution in [0, 0.1) is 0 Å². The van der Waals surface area contributed by atoms with Gasteiger partial charge < -0.3 is 19.7 Å². The van der Waals surface area contributed by atoms with Crippen LogP contribution in [-0.4, -0.2) is 47.4 Å². The number of aliphatic carboxylic acids is 1. The van der Waals surface area contributed by atoms with Gasteiger partial charge in [-0.15, -0.1) is 0 Å². The fourth-order valence-corrected chi connectivity index (χ4v) is 1.71. The number of hydrogen-bond donors (Lipinski definition) is 2. The molecule has 0 aliphatic heterocycles. The molecule has 7 nitrogen and oxygen atoms in total. The van der Waals surface area contributed by atoms with E-state index < -0.39 is 30.6 Å². The fraction of sp³-hybridized carbons (Fsp3) is 0.800. The molecule has 0 heterocycles. The Hall–Kier alpha value is -1.63. The predicted octanol–water partition coefficient (Wildman–Crippen LogP) is 1.66. The summed E-state index contributed by atoms with van der Waals surface area (Å²) < 4.78 is 9.76. The van der Waals surface area contributed by atoms with Crippen LogP contribution in [0.15, 0.2) is 0 Å². The summed E-state index contributed by atoms with van der Waals surface area (Å²) in [5, 5.41) is 17.5. The average Bonchev–Trinajstić information content (AvgIpc) is 2.49. The molecule has 0 aromatic rings. The van der Waals surface area contributed by atoms with E-state index in [0.717, 1.165) is 32.1 Å². The Kier molecular flexibility index (Phi) is 12.1. The number of carboxylic acids is 1. The first-order valence-electron chi connectivity index (χ1n) is 7.67. The van der Waals surface area contributed by atoms with Crippen molar-refractivity contribution in [2.45, 2.75) is 64.4 Å². The van der Waals surface area contributed by atoms with Crippen LogP contribution in [0.3, 0.4) is 0 Å². The third-order valence-corrected chi connectivity index (χ3v) is 2.96. The highest BCUT2D eigenvalue weighted by atomic mass is 16.6. The summed E-state index contributed by atoms with van der Waals surface area (Å²) in [5.74, 6) is -2.24. The van der Waals surface area contributed by atoms with E-state index in [9.17, 15) is 14.4 Å². The van der Waals surface area contributed by atoms with Crippen LogP contribution in [0.5, 0.6) is 0 Å². The lowest BCUT2D eigenvalue weighted by atomic mass is 10.1. The third kappa shape index (κ3) is 12.1. The van der Waals surface area contributed by atoms with Crippen molar-refractivity contribution in [1.82, 2.24) is 0 Å². The Morgan fingerprint density at radius 1 is 0.955 bits per heavy atom. The zero-order valence-electron chi connectivity index (χ0n) is 13.1. The smallest absolute Gasteiger partial charge is 0.306 e. The van der Waals surface area contributed by atoms with Crippen LogP contribution in [0.4, 0.5) is 0 Å². The molecule has 128 valence electrons. The Morgan fingerprint density at radius 3 is 2.23 bits per heavy atom. The second kappa shape index (κ2) is 13.1. The number of rotatable bonds is 13. The molecule has 0 saturated heterocycles. The number of unbranched alkanes of at least 4 members (excludes halogenated alkanes) is 4. The molecule has 1 unspecified atom stereocenters. The Labute approximate surface area is 130 Å². The van der Waals surface area contributed by atoms with Crippen molar-refractivity contribution in [3.63, 3.8) is 0 Å². The van der Waals surface area contributed by atoms with Crippen LogP contribution in [0.2, 0.25) is 0 Å². The minimum absolute atomic E-state index is 0.219. The summed E-state index contributed by atoms with van der Waals surface area (Å²) in [4.78, 5) is 33.1. The van der Waals surface area contributed by atoms with E-state index in [1.165, 1.54) is 0 Å². The topological polar surface area (TPSA) is 110 Å². The molecule has 0 spiro atoms. The molecule has 1 atom stereocenters. The van der Waals surface area contributed by atoms with Gasteiger partial charge in [-0.1, -0.05) is 32.6 Å². The quantitative estimate of drug-likeness (QED) is 0.392. The van der Waals surface area contributed by atoms with Crippen molar-refractivity contribution >= 4 is 17.9 Å². The summed E-state index contributed by atoms with van der Waals surface area (Å²) in [6, 6.07) is 0. The van der Waals surface area contributed by atoms with E-state index in [1.807, 2.05) is 0 Å². The fourth-order valence-electron chi connectivity index (χ4n) is 1.71. The Bertz CT molecular complexity index is 341. The summed E-state index contributed by atoms with van der Waals surface area (Å²) in [6.07, 6.45) is 3.82. The maximum absolute atomic E-state index is 11.5. The molecule has 22 heavy (non-hydrogen) atoms. The lowest BCUT2D eigenvalue weighted by Gasteiger charge is -2.15. The molecule has 0 radical (unpaired) electrons. The number of carbonyl (C=O) groups excluding carboxylic acids is 2. The summed E-state index contributed by atoms with van der Waals surface area (Å²) in [7, 11) is 0. The molecular weight excluding hydrogens is 292 g/mol. The number of carboxylic acid groups (broad SMARTS) is 1. The molecule has 0 amide bonds. The van der Waals surface area contributed by atoms with Crippen LogP contribution in [0.25, 0.3) is 0 Å². The zero-order valence-corrected chi connectivity index (χ0v) is 13.1. The van der Waals surface area contributed by atoms with E-state index in [0.29, 0.717) is 6.42 Å². The molecule has 0 fully saturated rings. The van der Waals surface area contributed by atoms with Gasteiger partial charge in [-0.3, -0.25) is 14.4 Å². The highest BCUT2D eigenvalue weighted by molar-refractivity contribution is 5.76. The van der Waals surface area contributed by atoms with Gasteiger partial charge in [0.15, 0.2) is 6.10 Å². The van der Waals surface area contributed by atoms with E-state index in [2.05, 4.69) is 6.92 Å². The molecule has 0 aromatic carbocycles. The first-order valence-corrected chi connectivity index (χ1v) is 7.67. The van der Waals surface area contributed by atoms with Crippen molar-refractivity contribution in [3.8, 4) is 0 Å². The van der Waals surface area contributed by atoms with Gasteiger partial charge in [0.25, 0.3) is 0 Å². The highest BCUT2D eigenvalue weighted by Crippen LogP contribution is 2.06. The van der Waals surface area contributed by atoms with E-state index in [4.69, 9.17) is 19.7 Å². The van der Waals surface area contributed by atoms with Crippen molar-refractivity contribution in [1.29, 1.82) is 0 Å². The minimum atomic E-state index is -1.10. The SMILES string of the molecule is CCCCCCCC(=O)OCC(CO)OC(=O)CCC(=O)O. The first-order chi connectivity index (χ1) is 10.5. The lowest BCUT2D eigenvalue weighted by molar-refractivity contribution is -0.162. The lowest BCUT2D eigenvalue weighted by Crippen LogP contribution is -2.28. The molecule has 7 heteroatoms. The van der Waals surface area contributed by atoms with Crippen LogP contribution in [-0.2, 0) is 23.9 Å². The number of aliphatic hydroxyl groups excluding tert-OH is 1. The van der Waals surface area contributed by atoms with Crippen LogP contribution < -0.4 is 0 Å². The molecule has 0 bridgehead atoms. The third-order valence-electron chi connectivity index (χ3n) is 2.96. The van der Waals surface area contributed by atoms with Gasteiger partial charge in [-0.25, -0.2) is 0 Å². The van der Waals surface area contributed by atoms with Gasteiger partial charge >= 0.3 is 17.9 Å². The second-order valence-corrected chi connectivity index (χ2v) is 5.04. The number of ether oxygens (including phenoxy) is 2. The maximum atomic E-state index is 11.5. The number of hydrogen-bond acceptors (Lipinski definition) is 6. The zero-order chi connectivity index (χ0) is 16.8. The van der Waals surface area contributed by atoms with Gasteiger partial charge in [-0.05, 0) is 6.42 Å². The van der Waals surface area contributed by atoms with Crippen LogP contribution in [0.1, 0.15) is 58.3 Å². The Morgan fingerprint density at radius 2 is 1.64 bits per heavy atom. The van der Waals surface area contributed by atoms with Crippen molar-refractivity contribution in [2.75, 3.05) is 13.2 Å². The molecule has 0 aliphatic carbocycles. The monoisotopic (exact) mass is 318 g/mol. The van der Waals surface area contributed by atoms with Gasteiger partial charge in [0.2, 0.25) is 0 Å². The molecular formula is C15H26O7. The standard InChI is InChI=1S/C15H26O7/c1-2-3-4-5-6-7-14(19)21-11-12(10-16)22-15(20)9-8-13(17)18/h12,16H,2-11H2,1H3,(H,17,18). The Balaban J connectivity index is 3.81. The average molecular weight is 318 g/mol. The van der Waals surface area contributed by atoms with Gasteiger partial charge in [0.1, 0.15) is 6.61 Å². The summed E-state index contributed by atoms with van der Waals surface area (Å²) in [6.45, 7) is 1.41. The molecule has 2 N–H and O–H groups in total.